The molecule has 1 atom stereocenters. The van der Waals surface area contributed by atoms with Crippen LogP contribution in [-0.2, 0) is 6.54 Å². The first-order valence-electron chi connectivity index (χ1n) is 5.98. The lowest BCUT2D eigenvalue weighted by atomic mass is 10.2. The highest BCUT2D eigenvalue weighted by atomic mass is 79.9. The van der Waals surface area contributed by atoms with Crippen molar-refractivity contribution in [2.45, 2.75) is 19.5 Å². The molecular formula is C13H13BrN4S. The molecule has 0 unspecified atom stereocenters. The number of aromatic nitrogens is 3. The predicted molar refractivity (Wildman–Crippen MR) is 80.3 cm³/mol. The van der Waals surface area contributed by atoms with Crippen molar-refractivity contribution in [2.24, 2.45) is 0 Å². The molecule has 3 aromatic heterocycles. The van der Waals surface area contributed by atoms with Crippen LogP contribution in [0.3, 0.4) is 0 Å². The number of hydrogen-bond donors (Lipinski definition) is 1. The largest absolute Gasteiger partial charge is 0.304 e. The van der Waals surface area contributed by atoms with Crippen LogP contribution in [0.2, 0.25) is 0 Å². The fourth-order valence-electron chi connectivity index (χ4n) is 1.94. The van der Waals surface area contributed by atoms with Gasteiger partial charge in [0.2, 0.25) is 0 Å². The number of fused-ring (bicyclic) bond motifs is 1. The molecule has 0 amide bonds. The van der Waals surface area contributed by atoms with Crippen LogP contribution < -0.4 is 5.32 Å². The van der Waals surface area contributed by atoms with Crippen LogP contribution in [0.1, 0.15) is 23.5 Å². The summed E-state index contributed by atoms with van der Waals surface area (Å²) in [6.45, 7) is 2.95. The fraction of sp³-hybridized carbons (Fsp3) is 0.231. The summed E-state index contributed by atoms with van der Waals surface area (Å²) in [5, 5.41) is 5.61. The van der Waals surface area contributed by atoms with Crippen LogP contribution in [0.15, 0.2) is 40.7 Å². The Balaban J connectivity index is 1.77. The monoisotopic (exact) mass is 336 g/mol. The number of hydrogen-bond acceptors (Lipinski definition) is 4. The Morgan fingerprint density at radius 3 is 3.11 bits per heavy atom. The molecule has 0 aromatic carbocycles. The van der Waals surface area contributed by atoms with Gasteiger partial charge in [0, 0.05) is 23.7 Å². The summed E-state index contributed by atoms with van der Waals surface area (Å²) in [6.07, 6.45) is 5.59. The van der Waals surface area contributed by atoms with Gasteiger partial charge in [-0.1, -0.05) is 6.07 Å². The molecule has 98 valence electrons. The Bertz CT molecular complexity index is 677. The van der Waals surface area contributed by atoms with Gasteiger partial charge in [-0.15, -0.1) is 11.3 Å². The molecule has 0 aliphatic carbocycles. The lowest BCUT2D eigenvalue weighted by Gasteiger charge is -2.11. The first-order chi connectivity index (χ1) is 9.24. The maximum absolute atomic E-state index is 4.34. The minimum absolute atomic E-state index is 0.343. The molecule has 0 saturated carbocycles. The van der Waals surface area contributed by atoms with Crippen LogP contribution in [0.4, 0.5) is 0 Å². The Hall–Kier alpha value is -1.24. The van der Waals surface area contributed by atoms with Crippen molar-refractivity contribution < 1.29 is 0 Å². The highest BCUT2D eigenvalue weighted by Gasteiger charge is 2.08. The third-order valence-electron chi connectivity index (χ3n) is 3.00. The van der Waals surface area contributed by atoms with E-state index in [1.54, 1.807) is 17.5 Å². The molecule has 3 heterocycles. The van der Waals surface area contributed by atoms with Gasteiger partial charge in [-0.25, -0.2) is 9.97 Å². The van der Waals surface area contributed by atoms with Crippen LogP contribution in [-0.4, -0.2) is 14.4 Å². The average molecular weight is 337 g/mol. The number of rotatable bonds is 4. The molecular weight excluding hydrogens is 324 g/mol. The fourth-order valence-corrected chi connectivity index (χ4v) is 3.01. The number of imidazole rings is 1. The van der Waals surface area contributed by atoms with Gasteiger partial charge in [0.25, 0.3) is 0 Å². The average Bonchev–Trinajstić information content (AvgIpc) is 3.05. The molecule has 0 aliphatic heterocycles. The molecule has 3 aromatic rings. The highest BCUT2D eigenvalue weighted by Crippen LogP contribution is 2.19. The van der Waals surface area contributed by atoms with Crippen molar-refractivity contribution in [2.75, 3.05) is 0 Å². The second-order valence-corrected chi connectivity index (χ2v) is 6.10. The summed E-state index contributed by atoms with van der Waals surface area (Å²) in [4.78, 5) is 9.86. The highest BCUT2D eigenvalue weighted by molar-refractivity contribution is 9.10. The van der Waals surface area contributed by atoms with E-state index in [4.69, 9.17) is 0 Å². The van der Waals surface area contributed by atoms with Crippen molar-refractivity contribution >= 4 is 32.9 Å². The van der Waals surface area contributed by atoms with E-state index in [-0.39, 0.29) is 0 Å². The zero-order valence-electron chi connectivity index (χ0n) is 10.4. The number of halogens is 1. The van der Waals surface area contributed by atoms with Gasteiger partial charge in [-0.3, -0.25) is 4.40 Å². The molecule has 3 rings (SSSR count). The van der Waals surface area contributed by atoms with Gasteiger partial charge in [-0.05, 0) is 34.3 Å². The molecule has 6 heteroatoms. The van der Waals surface area contributed by atoms with E-state index in [2.05, 4.69) is 55.7 Å². The van der Waals surface area contributed by atoms with Gasteiger partial charge >= 0.3 is 0 Å². The van der Waals surface area contributed by atoms with E-state index >= 15 is 0 Å². The lowest BCUT2D eigenvalue weighted by molar-refractivity contribution is 0.573. The molecule has 19 heavy (non-hydrogen) atoms. The Labute approximate surface area is 123 Å². The van der Waals surface area contributed by atoms with Crippen molar-refractivity contribution in [1.29, 1.82) is 0 Å². The minimum atomic E-state index is 0.343. The molecule has 0 saturated heterocycles. The molecule has 0 aliphatic rings. The second-order valence-electron chi connectivity index (χ2n) is 4.31. The summed E-state index contributed by atoms with van der Waals surface area (Å²) in [5.41, 5.74) is 1.99. The third kappa shape index (κ3) is 2.70. The van der Waals surface area contributed by atoms with E-state index < -0.39 is 0 Å². The summed E-state index contributed by atoms with van der Waals surface area (Å²) in [5.74, 6) is 0. The minimum Gasteiger partial charge on any atom is -0.304 e. The predicted octanol–water partition coefficient (Wildman–Crippen LogP) is 3.40. The van der Waals surface area contributed by atoms with E-state index in [9.17, 15) is 0 Å². The van der Waals surface area contributed by atoms with Crippen LogP contribution >= 0.6 is 27.3 Å². The Kier molecular flexibility index (Phi) is 3.63. The van der Waals surface area contributed by atoms with Crippen LogP contribution in [0.25, 0.3) is 5.65 Å². The zero-order chi connectivity index (χ0) is 13.2. The van der Waals surface area contributed by atoms with E-state index in [1.807, 2.05) is 16.8 Å². The first kappa shape index (κ1) is 12.8. The standard InChI is InChI=1S/C13H13BrN4S/c1-9(11-3-2-4-19-11)15-5-10-6-17-13-7-16-12(14)8-18(10)13/h2-4,6-9,15H,5H2,1H3/t9-/m0/s1. The van der Waals surface area contributed by atoms with Crippen molar-refractivity contribution in [3.8, 4) is 0 Å². The van der Waals surface area contributed by atoms with Gasteiger partial charge < -0.3 is 5.32 Å². The SMILES string of the molecule is C[C@H](NCc1cnc2cnc(Br)cn12)c1cccs1. The van der Waals surface area contributed by atoms with E-state index in [1.165, 1.54) is 4.88 Å². The maximum Gasteiger partial charge on any atom is 0.155 e. The first-order valence-corrected chi connectivity index (χ1v) is 7.65. The van der Waals surface area contributed by atoms with Gasteiger partial charge in [0.15, 0.2) is 5.65 Å². The summed E-state index contributed by atoms with van der Waals surface area (Å²) >= 11 is 5.16. The summed E-state index contributed by atoms with van der Waals surface area (Å²) in [7, 11) is 0. The molecule has 0 spiro atoms. The summed E-state index contributed by atoms with van der Waals surface area (Å²) in [6, 6.07) is 4.57. The van der Waals surface area contributed by atoms with Crippen molar-refractivity contribution in [3.63, 3.8) is 0 Å². The number of nitrogens with one attached hydrogen (secondary N) is 1. The van der Waals surface area contributed by atoms with Crippen molar-refractivity contribution in [1.82, 2.24) is 19.7 Å². The van der Waals surface area contributed by atoms with Gasteiger partial charge in [0.1, 0.15) is 4.60 Å². The second kappa shape index (κ2) is 5.40. The zero-order valence-corrected chi connectivity index (χ0v) is 12.8. The third-order valence-corrected chi connectivity index (χ3v) is 4.46. The molecule has 1 N–H and O–H groups in total. The lowest BCUT2D eigenvalue weighted by Crippen LogP contribution is -2.18. The van der Waals surface area contributed by atoms with Crippen LogP contribution in [0, 0.1) is 0 Å². The molecule has 0 radical (unpaired) electrons. The topological polar surface area (TPSA) is 42.2 Å². The van der Waals surface area contributed by atoms with E-state index in [0.29, 0.717) is 6.04 Å². The van der Waals surface area contributed by atoms with Crippen molar-refractivity contribution in [3.05, 3.63) is 51.3 Å². The van der Waals surface area contributed by atoms with Gasteiger partial charge in [0.05, 0.1) is 18.1 Å². The molecule has 0 fully saturated rings. The Morgan fingerprint density at radius 2 is 2.32 bits per heavy atom. The van der Waals surface area contributed by atoms with Crippen LogP contribution in [0.5, 0.6) is 0 Å². The number of thiophene rings is 1. The summed E-state index contributed by atoms with van der Waals surface area (Å²) < 4.78 is 2.86. The molecule has 0 bridgehead atoms. The smallest absolute Gasteiger partial charge is 0.155 e. The normalized spacial score (nSPS) is 12.9. The van der Waals surface area contributed by atoms with Gasteiger partial charge in [-0.2, -0.15) is 0 Å². The maximum atomic E-state index is 4.34. The van der Waals surface area contributed by atoms with E-state index in [0.717, 1.165) is 22.5 Å². The molecule has 4 nitrogen and oxygen atoms in total. The Morgan fingerprint density at radius 1 is 1.42 bits per heavy atom. The quantitative estimate of drug-likeness (QED) is 0.793. The number of nitrogens with zero attached hydrogens (tertiary/aromatic N) is 3.